The molecule has 0 saturated heterocycles. The van der Waals surface area contributed by atoms with Gasteiger partial charge in [0, 0.05) is 0 Å². The molecular weight excluding hydrogens is 199 g/mol. The van der Waals surface area contributed by atoms with Crippen LogP contribution >= 0.6 is 23.7 Å². The van der Waals surface area contributed by atoms with Gasteiger partial charge in [-0.2, -0.15) is 0 Å². The van der Waals surface area contributed by atoms with Gasteiger partial charge in [-0.1, -0.05) is 0 Å². The topological polar surface area (TPSA) is 69.0 Å². The number of hydrogen-bond acceptors (Lipinski definition) is 2. The average molecular weight is 201 g/mol. The van der Waals surface area contributed by atoms with Crippen molar-refractivity contribution in [2.75, 3.05) is 0 Å². The van der Waals surface area contributed by atoms with Gasteiger partial charge < -0.3 is 5.48 Å². The van der Waals surface area contributed by atoms with E-state index in [1.807, 2.05) is 0 Å². The third-order valence-corrected chi connectivity index (χ3v) is 0. The van der Waals surface area contributed by atoms with Gasteiger partial charge in [-0.25, -0.2) is 0 Å². The monoisotopic (exact) mass is 200 g/mol. The average Bonchev–Trinajstić information content (AvgIpc) is 1.50. The second-order valence-electron chi connectivity index (χ2n) is 0. The SMILES string of the molecule is OCl.OCl.[Ca+2].[Ca+2].[O-2]. The predicted octanol–water partition coefficient (Wildman–Crippen LogP) is -0.615. The van der Waals surface area contributed by atoms with E-state index in [4.69, 9.17) is 9.32 Å². The molecule has 0 aliphatic rings. The minimum atomic E-state index is 0. The fourth-order valence-electron chi connectivity index (χ4n) is 0. The maximum Gasteiger partial charge on any atom is 2.00 e. The van der Waals surface area contributed by atoms with Crippen molar-refractivity contribution in [2.45, 2.75) is 0 Å². The number of halogens is 2. The van der Waals surface area contributed by atoms with Crippen LogP contribution in [0.15, 0.2) is 0 Å². The summed E-state index contributed by atoms with van der Waals surface area (Å²) in [6.07, 6.45) is 0. The minimum Gasteiger partial charge on any atom is -2.00 e. The first-order valence-corrected chi connectivity index (χ1v) is 1.01. The molecule has 36 valence electrons. The maximum absolute atomic E-state index is 6.47. The largest absolute Gasteiger partial charge is 2.00 e. The summed E-state index contributed by atoms with van der Waals surface area (Å²) in [5.41, 5.74) is 0. The normalized spacial score (nSPS) is 1.71. The van der Waals surface area contributed by atoms with Crippen molar-refractivity contribution < 1.29 is 14.8 Å². The zero-order valence-corrected chi connectivity index (χ0v) is 9.40. The van der Waals surface area contributed by atoms with Crippen molar-refractivity contribution in [1.82, 2.24) is 0 Å². The molecule has 0 rings (SSSR count). The van der Waals surface area contributed by atoms with E-state index in [0.717, 1.165) is 0 Å². The summed E-state index contributed by atoms with van der Waals surface area (Å²) in [6.45, 7) is 0. The van der Waals surface area contributed by atoms with Crippen LogP contribution < -0.4 is 0 Å². The van der Waals surface area contributed by atoms with Gasteiger partial charge >= 0.3 is 75.5 Å². The molecule has 0 atom stereocenters. The van der Waals surface area contributed by atoms with Crippen LogP contribution in [-0.2, 0) is 5.48 Å². The van der Waals surface area contributed by atoms with Crippen LogP contribution in [0.5, 0.6) is 0 Å². The van der Waals surface area contributed by atoms with Gasteiger partial charge in [-0.3, -0.25) is 9.32 Å². The molecule has 7 heavy (non-hydrogen) atoms. The zero-order chi connectivity index (χ0) is 4.00. The molecule has 2 N–H and O–H groups in total. The third kappa shape index (κ3) is 49.3. The van der Waals surface area contributed by atoms with Gasteiger partial charge in [0.1, 0.15) is 0 Å². The fourth-order valence-corrected chi connectivity index (χ4v) is 0. The van der Waals surface area contributed by atoms with E-state index in [2.05, 4.69) is 23.7 Å². The van der Waals surface area contributed by atoms with Crippen molar-refractivity contribution in [3.05, 3.63) is 0 Å². The number of rotatable bonds is 0. The molecule has 0 aromatic heterocycles. The Kier molecular flexibility index (Phi) is 299. The van der Waals surface area contributed by atoms with Crippen molar-refractivity contribution in [1.29, 1.82) is 0 Å². The molecule has 0 radical (unpaired) electrons. The number of hydrogen-bond donors (Lipinski definition) is 2. The summed E-state index contributed by atoms with van der Waals surface area (Å²) in [6, 6.07) is 0. The third-order valence-electron chi connectivity index (χ3n) is 0. The Balaban J connectivity index is -0.00000000267. The van der Waals surface area contributed by atoms with Crippen LogP contribution in [0.2, 0.25) is 0 Å². The molecule has 0 bridgehead atoms. The van der Waals surface area contributed by atoms with Gasteiger partial charge in [-0.05, 0) is 0 Å². The smallest absolute Gasteiger partial charge is 2.00 e. The zero-order valence-electron chi connectivity index (χ0n) is 3.47. The van der Waals surface area contributed by atoms with Crippen LogP contribution in [0.1, 0.15) is 0 Å². The molecule has 0 aliphatic carbocycles. The minimum absolute atomic E-state index is 0. The molecule has 0 aromatic carbocycles. The predicted molar refractivity (Wildman–Crippen MR) is 28.3 cm³/mol. The summed E-state index contributed by atoms with van der Waals surface area (Å²) < 4.78 is 12.9. The summed E-state index contributed by atoms with van der Waals surface area (Å²) in [5, 5.41) is 0. The van der Waals surface area contributed by atoms with E-state index < -0.39 is 0 Å². The fraction of sp³-hybridized carbons (Fsp3) is 0. The van der Waals surface area contributed by atoms with E-state index in [1.165, 1.54) is 0 Å². The van der Waals surface area contributed by atoms with E-state index >= 15 is 0 Å². The van der Waals surface area contributed by atoms with Crippen molar-refractivity contribution in [2.24, 2.45) is 0 Å². The van der Waals surface area contributed by atoms with E-state index in [-0.39, 0.29) is 81.0 Å². The van der Waals surface area contributed by atoms with E-state index in [1.54, 1.807) is 0 Å². The Morgan fingerprint density at radius 3 is 0.714 bits per heavy atom. The van der Waals surface area contributed by atoms with Gasteiger partial charge in [0.15, 0.2) is 0 Å². The second kappa shape index (κ2) is 64.4. The molecule has 0 unspecified atom stereocenters. The first-order chi connectivity index (χ1) is 2.00. The Bertz CT molecular complexity index is 10.9. The van der Waals surface area contributed by atoms with E-state index in [0.29, 0.717) is 0 Å². The molecule has 0 aromatic rings. The quantitative estimate of drug-likeness (QED) is 0.513. The van der Waals surface area contributed by atoms with Gasteiger partial charge in [0.2, 0.25) is 0 Å². The first kappa shape index (κ1) is 32.5. The molecule has 0 heterocycles. The van der Waals surface area contributed by atoms with Crippen molar-refractivity contribution >= 4 is 99.2 Å². The van der Waals surface area contributed by atoms with Gasteiger partial charge in [0.25, 0.3) is 0 Å². The first-order valence-electron chi connectivity index (χ1n) is 0.338. The summed E-state index contributed by atoms with van der Waals surface area (Å²) in [7, 11) is 0. The molecule has 7 heteroatoms. The van der Waals surface area contributed by atoms with Crippen LogP contribution in [0.4, 0.5) is 0 Å². The molecule has 3 nitrogen and oxygen atoms in total. The summed E-state index contributed by atoms with van der Waals surface area (Å²) >= 11 is 7.28. The van der Waals surface area contributed by atoms with Crippen LogP contribution in [0.25, 0.3) is 0 Å². The van der Waals surface area contributed by atoms with E-state index in [9.17, 15) is 0 Å². The van der Waals surface area contributed by atoms with Crippen LogP contribution in [-0.4, -0.2) is 84.8 Å². The standard InChI is InChI=1S/2Ca.2ClHO.O/c;;2*1-2;/h;;2*2H;/q2*+2;;;-2. The Morgan fingerprint density at radius 2 is 0.714 bits per heavy atom. The molecule has 0 spiro atoms. The molecular formula is H2Ca2Cl2O3+2. The van der Waals surface area contributed by atoms with Crippen molar-refractivity contribution in [3.8, 4) is 0 Å². The Hall–Kier alpha value is 2.98. The van der Waals surface area contributed by atoms with Crippen LogP contribution in [0.3, 0.4) is 0 Å². The Morgan fingerprint density at radius 1 is 0.714 bits per heavy atom. The Labute approximate surface area is 112 Å². The molecule has 0 fully saturated rings. The molecule has 0 amide bonds. The van der Waals surface area contributed by atoms with Gasteiger partial charge in [0.05, 0.1) is 23.7 Å². The summed E-state index contributed by atoms with van der Waals surface area (Å²) in [4.78, 5) is 0. The van der Waals surface area contributed by atoms with Crippen molar-refractivity contribution in [3.63, 3.8) is 0 Å². The molecule has 0 aliphatic heterocycles. The second-order valence-corrected chi connectivity index (χ2v) is 0. The summed E-state index contributed by atoms with van der Waals surface area (Å²) in [5.74, 6) is 0. The van der Waals surface area contributed by atoms with Crippen LogP contribution in [0, 0.1) is 0 Å². The van der Waals surface area contributed by atoms with Gasteiger partial charge in [-0.15, -0.1) is 0 Å². The maximum atomic E-state index is 6.47. The molecule has 0 saturated carbocycles.